The van der Waals surface area contributed by atoms with Crippen LogP contribution in [0.4, 0.5) is 0 Å². The summed E-state index contributed by atoms with van der Waals surface area (Å²) in [6.07, 6.45) is -9.11. The third kappa shape index (κ3) is 13.5. The van der Waals surface area contributed by atoms with Crippen molar-refractivity contribution >= 4 is 0 Å². The Morgan fingerprint density at radius 3 is 1.36 bits per heavy atom. The van der Waals surface area contributed by atoms with E-state index in [0.717, 1.165) is 33.4 Å². The molecular formula is C61H62O12. The molecule has 0 N–H and O–H groups in total. The Labute approximate surface area is 427 Å². The normalized spacial score (nSPS) is 25.8. The van der Waals surface area contributed by atoms with Gasteiger partial charge in [0.25, 0.3) is 0 Å². The van der Waals surface area contributed by atoms with Crippen molar-refractivity contribution in [2.24, 2.45) is 0 Å². The summed E-state index contributed by atoms with van der Waals surface area (Å²) in [5.74, 6) is 1.22. The van der Waals surface area contributed by atoms with Crippen molar-refractivity contribution < 1.29 is 56.8 Å². The summed E-state index contributed by atoms with van der Waals surface area (Å²) >= 11 is 0. The highest BCUT2D eigenvalue weighted by Gasteiger charge is 2.56. The van der Waals surface area contributed by atoms with Crippen LogP contribution >= 0.6 is 0 Å². The number of hydrogen-bond acceptors (Lipinski definition) is 12. The zero-order valence-corrected chi connectivity index (χ0v) is 40.8. The van der Waals surface area contributed by atoms with Gasteiger partial charge in [0, 0.05) is 5.56 Å². The van der Waals surface area contributed by atoms with Crippen molar-refractivity contribution in [2.45, 2.75) is 101 Å². The molecule has 0 radical (unpaired) electrons. The predicted octanol–water partition coefficient (Wildman–Crippen LogP) is 10.6. The van der Waals surface area contributed by atoms with Crippen LogP contribution in [-0.2, 0) is 80.4 Å². The van der Waals surface area contributed by atoms with E-state index in [1.807, 2.05) is 206 Å². The van der Waals surface area contributed by atoms with Gasteiger partial charge in [0.05, 0.1) is 53.4 Å². The molecule has 3 aliphatic heterocycles. The maximum Gasteiger partial charge on any atom is 0.229 e. The molecule has 73 heavy (non-hydrogen) atoms. The summed E-state index contributed by atoms with van der Waals surface area (Å²) in [6, 6.07) is 67.3. The first-order valence-corrected chi connectivity index (χ1v) is 25.0. The molecule has 0 aliphatic carbocycles. The maximum absolute atomic E-state index is 7.56. The van der Waals surface area contributed by atoms with Crippen molar-refractivity contribution in [2.75, 3.05) is 20.3 Å². The molecule has 10 rings (SSSR count). The highest BCUT2D eigenvalue weighted by molar-refractivity contribution is 5.31. The minimum Gasteiger partial charge on any atom is -0.497 e. The number of ether oxygens (including phenoxy) is 12. The van der Waals surface area contributed by atoms with Crippen LogP contribution in [0.15, 0.2) is 206 Å². The highest BCUT2D eigenvalue weighted by atomic mass is 16.8. The summed E-state index contributed by atoms with van der Waals surface area (Å²) in [7, 11) is 1.63. The van der Waals surface area contributed by atoms with Crippen LogP contribution in [0.3, 0.4) is 0 Å². The lowest BCUT2D eigenvalue weighted by molar-refractivity contribution is -0.395. The fourth-order valence-corrected chi connectivity index (χ4v) is 9.32. The van der Waals surface area contributed by atoms with E-state index in [1.54, 1.807) is 7.11 Å². The van der Waals surface area contributed by atoms with E-state index in [-0.39, 0.29) is 39.6 Å². The van der Waals surface area contributed by atoms with Crippen molar-refractivity contribution in [3.8, 4) is 11.5 Å². The Bertz CT molecular complexity index is 2650. The van der Waals surface area contributed by atoms with Gasteiger partial charge in [-0.25, -0.2) is 0 Å². The minimum absolute atomic E-state index is 0.141. The lowest BCUT2D eigenvalue weighted by atomic mass is 9.95. The van der Waals surface area contributed by atoms with Gasteiger partial charge < -0.3 is 56.8 Å². The van der Waals surface area contributed by atoms with E-state index in [0.29, 0.717) is 18.1 Å². The first kappa shape index (κ1) is 50.3. The number of rotatable bonds is 22. The second kappa shape index (κ2) is 25.6. The topological polar surface area (TPSA) is 111 Å². The first-order valence-electron chi connectivity index (χ1n) is 25.0. The van der Waals surface area contributed by atoms with Crippen LogP contribution in [-0.4, -0.2) is 81.7 Å². The summed E-state index contributed by atoms with van der Waals surface area (Å²) in [5.41, 5.74) is 5.75. The molecule has 1 unspecified atom stereocenters. The molecule has 3 aliphatic rings. The van der Waals surface area contributed by atoms with E-state index in [2.05, 4.69) is 0 Å². The first-order chi connectivity index (χ1) is 36.1. The fourth-order valence-electron chi connectivity index (χ4n) is 9.32. The van der Waals surface area contributed by atoms with Gasteiger partial charge >= 0.3 is 0 Å². The van der Waals surface area contributed by atoms with Crippen molar-refractivity contribution in [1.29, 1.82) is 0 Å². The van der Waals surface area contributed by atoms with E-state index in [4.69, 9.17) is 56.8 Å². The van der Waals surface area contributed by atoms with Gasteiger partial charge in [-0.05, 0) is 52.1 Å². The molecule has 12 nitrogen and oxygen atoms in total. The van der Waals surface area contributed by atoms with Gasteiger partial charge in [0.2, 0.25) is 6.29 Å². The number of methoxy groups -OCH3 is 1. The molecule has 7 aromatic rings. The molecule has 378 valence electrons. The van der Waals surface area contributed by atoms with Crippen LogP contribution in [0.25, 0.3) is 0 Å². The van der Waals surface area contributed by atoms with Gasteiger partial charge in [0.15, 0.2) is 12.6 Å². The van der Waals surface area contributed by atoms with Crippen molar-refractivity contribution in [3.63, 3.8) is 0 Å². The molecule has 0 saturated carbocycles. The molecular weight excluding hydrogens is 925 g/mol. The molecule has 12 heteroatoms. The molecule has 0 spiro atoms. The highest BCUT2D eigenvalue weighted by Crippen LogP contribution is 2.40. The molecule has 3 heterocycles. The van der Waals surface area contributed by atoms with Gasteiger partial charge in [-0.1, -0.05) is 182 Å². The second-order valence-corrected chi connectivity index (χ2v) is 18.2. The van der Waals surface area contributed by atoms with Gasteiger partial charge in [-0.3, -0.25) is 0 Å². The smallest absolute Gasteiger partial charge is 0.229 e. The van der Waals surface area contributed by atoms with E-state index < -0.39 is 67.7 Å². The lowest BCUT2D eigenvalue weighted by Gasteiger charge is -2.51. The molecule has 0 aromatic heterocycles. The summed E-state index contributed by atoms with van der Waals surface area (Å²) in [6.45, 7) is 1.63. The van der Waals surface area contributed by atoms with Crippen LogP contribution < -0.4 is 9.47 Å². The third-order valence-electron chi connectivity index (χ3n) is 13.1. The van der Waals surface area contributed by atoms with E-state index in [9.17, 15) is 0 Å². The van der Waals surface area contributed by atoms with Crippen LogP contribution in [0, 0.1) is 0 Å². The average Bonchev–Trinajstić information content (AvgIpc) is 3.45. The summed E-state index contributed by atoms with van der Waals surface area (Å²) in [4.78, 5) is 0. The summed E-state index contributed by atoms with van der Waals surface area (Å²) in [5, 5.41) is 0. The van der Waals surface area contributed by atoms with Crippen molar-refractivity contribution in [3.05, 3.63) is 240 Å². The van der Waals surface area contributed by atoms with Crippen LogP contribution in [0.5, 0.6) is 11.5 Å². The monoisotopic (exact) mass is 986 g/mol. The number of hydrogen-bond donors (Lipinski definition) is 0. The Kier molecular flexibility index (Phi) is 17.6. The minimum atomic E-state index is -1.11. The SMILES string of the molecule is COc1ccc(O[C@@H]2O[C@@H]3COC(c4ccccc4)O[C@@H]3[C@H](O[C@@H]3O[C@@H](COCc4ccccc4)[C@@H](OCc4ccccc4)[C@H](OCc4ccccc4)[C@@H]3OCc3ccccc3)[C@H]2OCc2ccccc2)cc1. The Morgan fingerprint density at radius 2 is 0.849 bits per heavy atom. The largest absolute Gasteiger partial charge is 0.497 e. The number of benzene rings is 7. The Hall–Kier alpha value is -6.26. The molecule has 11 atom stereocenters. The van der Waals surface area contributed by atoms with E-state index in [1.165, 1.54) is 0 Å². The molecule has 3 saturated heterocycles. The van der Waals surface area contributed by atoms with Crippen LogP contribution in [0.2, 0.25) is 0 Å². The molecule has 0 amide bonds. The summed E-state index contributed by atoms with van der Waals surface area (Å²) < 4.78 is 82.0. The van der Waals surface area contributed by atoms with Gasteiger partial charge in [-0.15, -0.1) is 0 Å². The zero-order chi connectivity index (χ0) is 49.4. The van der Waals surface area contributed by atoms with Crippen molar-refractivity contribution in [1.82, 2.24) is 0 Å². The average molecular weight is 987 g/mol. The van der Waals surface area contributed by atoms with Crippen LogP contribution in [0.1, 0.15) is 39.7 Å². The van der Waals surface area contributed by atoms with E-state index >= 15 is 0 Å². The third-order valence-corrected chi connectivity index (χ3v) is 13.1. The van der Waals surface area contributed by atoms with Gasteiger partial charge in [0.1, 0.15) is 60.3 Å². The predicted molar refractivity (Wildman–Crippen MR) is 272 cm³/mol. The molecule has 0 bridgehead atoms. The quantitative estimate of drug-likeness (QED) is 0.0645. The molecule has 3 fully saturated rings. The fraction of sp³-hybridized carbons (Fsp3) is 0.311. The molecule has 7 aromatic carbocycles. The standard InChI is InChI=1S/C61H62O12/c1-62-49-32-34-50(35-33-49)69-60-58(67-40-47-28-16-6-17-29-47)56(54-52(71-60)42-68-59(72-54)48-30-18-7-19-31-48)73-61-57(66-39-46-26-14-5-15-27-46)55(65-38-45-24-12-4-13-25-45)53(64-37-44-22-10-3-11-23-44)51(70-61)41-63-36-43-20-8-2-9-21-43/h2-35,51-61H,36-42H2,1H3/t51-,52+,53+,54-,55-,56-,57-,58+,59?,60+,61-/m0/s1. The Morgan fingerprint density at radius 1 is 0.411 bits per heavy atom. The van der Waals surface area contributed by atoms with Gasteiger partial charge in [-0.2, -0.15) is 0 Å². The second-order valence-electron chi connectivity index (χ2n) is 18.2. The maximum atomic E-state index is 7.56. The number of fused-ring (bicyclic) bond motifs is 1. The lowest BCUT2D eigenvalue weighted by Crippen LogP contribution is -2.67. The Balaban J connectivity index is 1.05. The zero-order valence-electron chi connectivity index (χ0n) is 40.8.